The molecule has 2 aromatic carbocycles. The van der Waals surface area contributed by atoms with Gasteiger partial charge in [0.15, 0.2) is 9.84 Å². The monoisotopic (exact) mass is 382 g/mol. The van der Waals surface area contributed by atoms with E-state index in [4.69, 9.17) is 5.73 Å². The van der Waals surface area contributed by atoms with E-state index in [0.29, 0.717) is 16.8 Å². The molecule has 0 heterocycles. The van der Waals surface area contributed by atoms with Crippen LogP contribution in [0.3, 0.4) is 0 Å². The Balaban J connectivity index is 0.00000312. The standard InChI is InChI=1S/C18H22N2O3S.ClH/c1-13-14(12-24(3,22)23)8-7-11-16(13)20-17(21)18(2,19)15-9-5-4-6-10-15;/h4-11H,12,19H2,1-3H3,(H,20,21);1H. The van der Waals surface area contributed by atoms with Gasteiger partial charge in [-0.05, 0) is 36.6 Å². The lowest BCUT2D eigenvalue weighted by atomic mass is 9.92. The zero-order valence-corrected chi connectivity index (χ0v) is 16.1. The van der Waals surface area contributed by atoms with Crippen molar-refractivity contribution < 1.29 is 13.2 Å². The van der Waals surface area contributed by atoms with Crippen LogP contribution in [0, 0.1) is 6.92 Å². The van der Waals surface area contributed by atoms with E-state index >= 15 is 0 Å². The number of benzene rings is 2. The Morgan fingerprint density at radius 2 is 1.72 bits per heavy atom. The lowest BCUT2D eigenvalue weighted by Gasteiger charge is -2.25. The van der Waals surface area contributed by atoms with Gasteiger partial charge in [0.25, 0.3) is 0 Å². The van der Waals surface area contributed by atoms with Gasteiger partial charge in [-0.3, -0.25) is 4.79 Å². The highest BCUT2D eigenvalue weighted by molar-refractivity contribution is 7.89. The largest absolute Gasteiger partial charge is 0.324 e. The van der Waals surface area contributed by atoms with Crippen LogP contribution >= 0.6 is 12.4 Å². The lowest BCUT2D eigenvalue weighted by Crippen LogP contribution is -2.45. The fourth-order valence-corrected chi connectivity index (χ4v) is 3.30. The molecular weight excluding hydrogens is 360 g/mol. The zero-order valence-electron chi connectivity index (χ0n) is 14.4. The predicted molar refractivity (Wildman–Crippen MR) is 104 cm³/mol. The Labute approximate surface area is 155 Å². The molecule has 1 atom stereocenters. The van der Waals surface area contributed by atoms with Gasteiger partial charge in [-0.1, -0.05) is 42.5 Å². The highest BCUT2D eigenvalue weighted by atomic mass is 35.5. The molecule has 25 heavy (non-hydrogen) atoms. The van der Waals surface area contributed by atoms with Gasteiger partial charge in [-0.15, -0.1) is 12.4 Å². The summed E-state index contributed by atoms with van der Waals surface area (Å²) in [5.41, 5.74) is 7.67. The maximum Gasteiger partial charge on any atom is 0.248 e. The van der Waals surface area contributed by atoms with Crippen LogP contribution < -0.4 is 11.1 Å². The first-order chi connectivity index (χ1) is 11.1. The van der Waals surface area contributed by atoms with Crippen LogP contribution in [0.5, 0.6) is 0 Å². The molecular formula is C18H23ClN2O3S. The van der Waals surface area contributed by atoms with Crippen molar-refractivity contribution in [2.45, 2.75) is 25.1 Å². The first kappa shape index (κ1) is 21.2. The second kappa shape index (κ2) is 7.99. The van der Waals surface area contributed by atoms with Crippen molar-refractivity contribution >= 4 is 33.8 Å². The molecule has 1 amide bonds. The van der Waals surface area contributed by atoms with E-state index in [1.54, 1.807) is 44.2 Å². The van der Waals surface area contributed by atoms with E-state index in [9.17, 15) is 13.2 Å². The van der Waals surface area contributed by atoms with Crippen LogP contribution in [-0.2, 0) is 25.9 Å². The summed E-state index contributed by atoms with van der Waals surface area (Å²) in [7, 11) is -3.15. The van der Waals surface area contributed by atoms with Gasteiger partial charge in [0.1, 0.15) is 5.54 Å². The lowest BCUT2D eigenvalue weighted by molar-refractivity contribution is -0.120. The number of amides is 1. The third-order valence-corrected chi connectivity index (χ3v) is 4.79. The van der Waals surface area contributed by atoms with E-state index in [0.717, 1.165) is 5.56 Å². The minimum atomic E-state index is -3.15. The van der Waals surface area contributed by atoms with Crippen molar-refractivity contribution in [1.29, 1.82) is 0 Å². The van der Waals surface area contributed by atoms with Crippen molar-refractivity contribution in [2.75, 3.05) is 11.6 Å². The summed E-state index contributed by atoms with van der Waals surface area (Å²) in [6.45, 7) is 3.43. The molecule has 0 aromatic heterocycles. The normalized spacial score (nSPS) is 13.4. The van der Waals surface area contributed by atoms with Crippen molar-refractivity contribution in [1.82, 2.24) is 0 Å². The summed E-state index contributed by atoms with van der Waals surface area (Å²) in [4.78, 5) is 12.6. The van der Waals surface area contributed by atoms with Crippen molar-refractivity contribution in [3.05, 3.63) is 65.2 Å². The van der Waals surface area contributed by atoms with E-state index < -0.39 is 15.4 Å². The summed E-state index contributed by atoms with van der Waals surface area (Å²) < 4.78 is 23.0. The summed E-state index contributed by atoms with van der Waals surface area (Å²) in [5, 5.41) is 2.82. The molecule has 2 aromatic rings. The van der Waals surface area contributed by atoms with Crippen molar-refractivity contribution in [3.63, 3.8) is 0 Å². The maximum atomic E-state index is 12.6. The first-order valence-corrected chi connectivity index (χ1v) is 9.59. The van der Waals surface area contributed by atoms with Crippen molar-refractivity contribution in [2.24, 2.45) is 5.73 Å². The number of sulfone groups is 1. The molecule has 2 rings (SSSR count). The Hall–Kier alpha value is -1.89. The fourth-order valence-electron chi connectivity index (χ4n) is 2.43. The van der Waals surface area contributed by atoms with Crippen LogP contribution in [-0.4, -0.2) is 20.6 Å². The second-order valence-electron chi connectivity index (χ2n) is 6.18. The fraction of sp³-hybridized carbons (Fsp3) is 0.278. The number of halogens is 1. The summed E-state index contributed by atoms with van der Waals surface area (Å²) in [6, 6.07) is 14.3. The van der Waals surface area contributed by atoms with Gasteiger partial charge < -0.3 is 11.1 Å². The highest BCUT2D eigenvalue weighted by Crippen LogP contribution is 2.24. The molecule has 0 radical (unpaired) electrons. The molecule has 0 aliphatic rings. The number of hydrogen-bond donors (Lipinski definition) is 2. The predicted octanol–water partition coefficient (Wildman–Crippen LogP) is 2.77. The molecule has 1 unspecified atom stereocenters. The van der Waals surface area contributed by atoms with Crippen LogP contribution in [0.1, 0.15) is 23.6 Å². The molecule has 3 N–H and O–H groups in total. The van der Waals surface area contributed by atoms with Gasteiger partial charge in [0.05, 0.1) is 5.75 Å². The van der Waals surface area contributed by atoms with Crippen LogP contribution in [0.25, 0.3) is 0 Å². The number of rotatable bonds is 5. The molecule has 136 valence electrons. The number of nitrogens with one attached hydrogen (secondary N) is 1. The van der Waals surface area contributed by atoms with E-state index in [1.807, 2.05) is 18.2 Å². The van der Waals surface area contributed by atoms with Gasteiger partial charge in [-0.2, -0.15) is 0 Å². The highest BCUT2D eigenvalue weighted by Gasteiger charge is 2.30. The van der Waals surface area contributed by atoms with Crippen molar-refractivity contribution in [3.8, 4) is 0 Å². The first-order valence-electron chi connectivity index (χ1n) is 7.53. The quantitative estimate of drug-likeness (QED) is 0.832. The van der Waals surface area contributed by atoms with Crippen LogP contribution in [0.4, 0.5) is 5.69 Å². The number of carbonyl (C=O) groups is 1. The van der Waals surface area contributed by atoms with Gasteiger partial charge in [0.2, 0.25) is 5.91 Å². The minimum absolute atomic E-state index is 0. The third kappa shape index (κ3) is 5.29. The van der Waals surface area contributed by atoms with Gasteiger partial charge in [-0.25, -0.2) is 8.42 Å². The summed E-state index contributed by atoms with van der Waals surface area (Å²) in [5.74, 6) is -0.422. The zero-order chi connectivity index (χ0) is 18.0. The van der Waals surface area contributed by atoms with Gasteiger partial charge >= 0.3 is 0 Å². The Morgan fingerprint density at radius 1 is 1.12 bits per heavy atom. The number of hydrogen-bond acceptors (Lipinski definition) is 4. The van der Waals surface area contributed by atoms with E-state index in [1.165, 1.54) is 6.26 Å². The van der Waals surface area contributed by atoms with E-state index in [2.05, 4.69) is 5.32 Å². The molecule has 5 nitrogen and oxygen atoms in total. The molecule has 0 bridgehead atoms. The molecule has 0 fully saturated rings. The van der Waals surface area contributed by atoms with Crippen LogP contribution in [0.15, 0.2) is 48.5 Å². The Morgan fingerprint density at radius 3 is 2.28 bits per heavy atom. The van der Waals surface area contributed by atoms with Crippen LogP contribution in [0.2, 0.25) is 0 Å². The third-order valence-electron chi connectivity index (χ3n) is 3.96. The summed E-state index contributed by atoms with van der Waals surface area (Å²) >= 11 is 0. The topological polar surface area (TPSA) is 89.3 Å². The molecule has 0 saturated carbocycles. The number of anilines is 1. The smallest absolute Gasteiger partial charge is 0.248 e. The average Bonchev–Trinajstić information content (AvgIpc) is 2.50. The molecule has 0 saturated heterocycles. The molecule has 0 aliphatic carbocycles. The summed E-state index contributed by atoms with van der Waals surface area (Å²) in [6.07, 6.45) is 1.18. The maximum absolute atomic E-state index is 12.6. The van der Waals surface area contributed by atoms with E-state index in [-0.39, 0.29) is 24.1 Å². The molecule has 0 aliphatic heterocycles. The minimum Gasteiger partial charge on any atom is -0.324 e. The van der Waals surface area contributed by atoms with Gasteiger partial charge in [0, 0.05) is 11.9 Å². The Kier molecular flexibility index (Phi) is 6.76. The SMILES string of the molecule is Cc1c(CS(C)(=O)=O)cccc1NC(=O)C(C)(N)c1ccccc1.Cl. The Bertz CT molecular complexity index is 850. The molecule has 0 spiro atoms. The second-order valence-corrected chi connectivity index (χ2v) is 8.32. The number of carbonyl (C=O) groups excluding carboxylic acids is 1. The number of nitrogens with two attached hydrogens (primary N) is 1. The average molecular weight is 383 g/mol. The molecule has 7 heteroatoms.